The second kappa shape index (κ2) is 11.1. The van der Waals surface area contributed by atoms with Crippen LogP contribution in [0.1, 0.15) is 47.9 Å². The van der Waals surface area contributed by atoms with E-state index in [1.165, 1.54) is 12.1 Å². The minimum Gasteiger partial charge on any atom is -0.485 e. The van der Waals surface area contributed by atoms with Gasteiger partial charge in [-0.05, 0) is 59.0 Å². The third-order valence-electron chi connectivity index (χ3n) is 5.39. The van der Waals surface area contributed by atoms with Crippen LogP contribution >= 0.6 is 0 Å². The molecule has 0 unspecified atom stereocenters. The van der Waals surface area contributed by atoms with Crippen molar-refractivity contribution in [3.8, 4) is 16.9 Å². The lowest BCUT2D eigenvalue weighted by atomic mass is 9.96. The summed E-state index contributed by atoms with van der Waals surface area (Å²) >= 11 is 0. The van der Waals surface area contributed by atoms with Gasteiger partial charge in [-0.2, -0.15) is 13.2 Å². The molecular formula is C27H26F3NO4. The molecule has 0 heterocycles. The molecule has 1 amide bonds. The molecule has 3 rings (SSSR count). The number of alkyl halides is 3. The first-order chi connectivity index (χ1) is 16.5. The van der Waals surface area contributed by atoms with E-state index in [9.17, 15) is 22.8 Å². The van der Waals surface area contributed by atoms with Crippen molar-refractivity contribution in [3.05, 3.63) is 89.5 Å². The molecule has 0 aromatic heterocycles. The highest BCUT2D eigenvalue weighted by molar-refractivity contribution is 5.94. The number of carbonyl (C=O) groups excluding carboxylic acids is 1. The first-order valence-electron chi connectivity index (χ1n) is 11.1. The number of hydrogen-bond donors (Lipinski definition) is 2. The van der Waals surface area contributed by atoms with Crippen molar-refractivity contribution in [2.45, 2.75) is 32.5 Å². The minimum atomic E-state index is -4.37. The summed E-state index contributed by atoms with van der Waals surface area (Å²) in [4.78, 5) is 22.7. The summed E-state index contributed by atoms with van der Waals surface area (Å²) in [5.74, 6) is -0.665. The molecule has 1 atom stereocenters. The van der Waals surface area contributed by atoms with E-state index in [0.29, 0.717) is 16.9 Å². The number of carboxylic acids is 1. The number of amides is 1. The van der Waals surface area contributed by atoms with Crippen LogP contribution in [-0.2, 0) is 11.0 Å². The van der Waals surface area contributed by atoms with E-state index in [4.69, 9.17) is 9.84 Å². The average molecular weight is 486 g/mol. The molecule has 3 aromatic carbocycles. The van der Waals surface area contributed by atoms with Crippen LogP contribution in [0.15, 0.2) is 72.8 Å². The van der Waals surface area contributed by atoms with Gasteiger partial charge in [0.25, 0.3) is 5.91 Å². The monoisotopic (exact) mass is 485 g/mol. The Morgan fingerprint density at radius 1 is 0.886 bits per heavy atom. The fourth-order valence-electron chi connectivity index (χ4n) is 3.52. The fourth-order valence-corrected chi connectivity index (χ4v) is 3.52. The number of halogens is 3. The summed E-state index contributed by atoms with van der Waals surface area (Å²) in [7, 11) is 0. The molecule has 0 aliphatic rings. The minimum absolute atomic E-state index is 0.0459. The maximum absolute atomic E-state index is 12.8. The molecule has 0 radical (unpaired) electrons. The van der Waals surface area contributed by atoms with Crippen LogP contribution in [0.3, 0.4) is 0 Å². The molecule has 0 bridgehead atoms. The molecule has 0 aliphatic carbocycles. The first kappa shape index (κ1) is 25.8. The maximum Gasteiger partial charge on any atom is 0.416 e. The number of benzene rings is 3. The topological polar surface area (TPSA) is 75.6 Å². The van der Waals surface area contributed by atoms with E-state index in [0.717, 1.165) is 23.3 Å². The number of nitrogens with one attached hydrogen (secondary N) is 1. The summed E-state index contributed by atoms with van der Waals surface area (Å²) in [5, 5.41) is 11.2. The van der Waals surface area contributed by atoms with Crippen molar-refractivity contribution >= 4 is 11.9 Å². The molecule has 0 aliphatic heterocycles. The molecule has 0 fully saturated rings. The van der Waals surface area contributed by atoms with Gasteiger partial charge < -0.3 is 15.2 Å². The van der Waals surface area contributed by atoms with Crippen LogP contribution in [0.25, 0.3) is 11.1 Å². The molecule has 8 heteroatoms. The van der Waals surface area contributed by atoms with E-state index in [2.05, 4.69) is 5.32 Å². The Hall–Kier alpha value is -3.81. The van der Waals surface area contributed by atoms with Crippen LogP contribution in [0.4, 0.5) is 13.2 Å². The Kier molecular flexibility index (Phi) is 8.17. The first-order valence-corrected chi connectivity index (χ1v) is 11.1. The highest BCUT2D eigenvalue weighted by atomic mass is 19.4. The quantitative estimate of drug-likeness (QED) is 0.370. The molecule has 184 valence electrons. The van der Waals surface area contributed by atoms with Crippen molar-refractivity contribution in [2.75, 3.05) is 6.54 Å². The third kappa shape index (κ3) is 7.09. The second-order valence-corrected chi connectivity index (χ2v) is 8.40. The van der Waals surface area contributed by atoms with E-state index >= 15 is 0 Å². The summed E-state index contributed by atoms with van der Waals surface area (Å²) in [5.41, 5.74) is 2.10. The molecule has 0 saturated carbocycles. The lowest BCUT2D eigenvalue weighted by Gasteiger charge is -2.23. The third-order valence-corrected chi connectivity index (χ3v) is 5.39. The lowest BCUT2D eigenvalue weighted by Crippen LogP contribution is -2.25. The Labute approximate surface area is 201 Å². The maximum atomic E-state index is 12.8. The fraction of sp³-hybridized carbons (Fsp3) is 0.259. The highest BCUT2D eigenvalue weighted by Gasteiger charge is 2.30. The number of rotatable bonds is 9. The van der Waals surface area contributed by atoms with Gasteiger partial charge in [0.1, 0.15) is 11.9 Å². The molecule has 35 heavy (non-hydrogen) atoms. The van der Waals surface area contributed by atoms with Gasteiger partial charge in [0, 0.05) is 12.1 Å². The summed E-state index contributed by atoms with van der Waals surface area (Å²) in [6, 6.07) is 19.1. The van der Waals surface area contributed by atoms with Crippen molar-refractivity contribution < 1.29 is 32.6 Å². The molecule has 0 saturated heterocycles. The number of hydrogen-bond acceptors (Lipinski definition) is 3. The molecule has 3 aromatic rings. The van der Waals surface area contributed by atoms with Crippen molar-refractivity contribution in [1.29, 1.82) is 0 Å². The largest absolute Gasteiger partial charge is 0.485 e. The number of carbonyl (C=O) groups is 2. The van der Waals surface area contributed by atoms with Crippen molar-refractivity contribution in [2.24, 2.45) is 5.92 Å². The van der Waals surface area contributed by atoms with Gasteiger partial charge in [-0.3, -0.25) is 9.59 Å². The Bertz CT molecular complexity index is 1140. The number of carboxylic acid groups (broad SMARTS) is 1. The van der Waals surface area contributed by atoms with Gasteiger partial charge in [-0.25, -0.2) is 0 Å². The van der Waals surface area contributed by atoms with E-state index in [1.54, 1.807) is 24.3 Å². The standard InChI is InChI=1S/C27H26F3NO4/c1-17(2)25(35-23-13-9-21(10-14-23)26(34)31-16-15-24(32)33)20-5-3-18(4-6-20)19-7-11-22(12-8-19)27(28,29)30/h3-14,17,25H,15-16H2,1-2H3,(H,31,34)(H,32,33)/t25-/m1/s1. The van der Waals surface area contributed by atoms with Crippen LogP contribution in [0.5, 0.6) is 5.75 Å². The van der Waals surface area contributed by atoms with E-state index in [-0.39, 0.29) is 30.9 Å². The summed E-state index contributed by atoms with van der Waals surface area (Å²) in [6.07, 6.45) is -4.81. The van der Waals surface area contributed by atoms with Gasteiger partial charge in [0.2, 0.25) is 0 Å². The van der Waals surface area contributed by atoms with Crippen molar-refractivity contribution in [3.63, 3.8) is 0 Å². The van der Waals surface area contributed by atoms with Crippen LogP contribution in [-0.4, -0.2) is 23.5 Å². The van der Waals surface area contributed by atoms with Gasteiger partial charge in [0.15, 0.2) is 0 Å². The molecular weight excluding hydrogens is 459 g/mol. The Morgan fingerprint density at radius 2 is 1.43 bits per heavy atom. The second-order valence-electron chi connectivity index (χ2n) is 8.40. The Morgan fingerprint density at radius 3 is 1.91 bits per heavy atom. The SMILES string of the molecule is CC(C)[C@@H](Oc1ccc(C(=O)NCCC(=O)O)cc1)c1ccc(-c2ccc(C(F)(F)F)cc2)cc1. The normalized spacial score (nSPS) is 12.3. The van der Waals surface area contributed by atoms with Gasteiger partial charge >= 0.3 is 12.1 Å². The predicted molar refractivity (Wildman–Crippen MR) is 126 cm³/mol. The van der Waals surface area contributed by atoms with Crippen LogP contribution in [0, 0.1) is 5.92 Å². The number of ether oxygens (including phenoxy) is 1. The summed E-state index contributed by atoms with van der Waals surface area (Å²) in [6.45, 7) is 4.07. The van der Waals surface area contributed by atoms with Gasteiger partial charge in [-0.15, -0.1) is 0 Å². The number of aliphatic carboxylic acids is 1. The molecule has 2 N–H and O–H groups in total. The van der Waals surface area contributed by atoms with Gasteiger partial charge in [-0.1, -0.05) is 50.2 Å². The zero-order valence-corrected chi connectivity index (χ0v) is 19.3. The van der Waals surface area contributed by atoms with Crippen LogP contribution in [0.2, 0.25) is 0 Å². The van der Waals surface area contributed by atoms with E-state index < -0.39 is 17.7 Å². The Balaban J connectivity index is 1.68. The van der Waals surface area contributed by atoms with Crippen LogP contribution < -0.4 is 10.1 Å². The zero-order chi connectivity index (χ0) is 25.6. The zero-order valence-electron chi connectivity index (χ0n) is 19.3. The average Bonchev–Trinajstić information content (AvgIpc) is 2.82. The van der Waals surface area contributed by atoms with Gasteiger partial charge in [0.05, 0.1) is 12.0 Å². The predicted octanol–water partition coefficient (Wildman–Crippen LogP) is 6.35. The smallest absolute Gasteiger partial charge is 0.416 e. The van der Waals surface area contributed by atoms with E-state index in [1.807, 2.05) is 38.1 Å². The molecule has 0 spiro atoms. The highest BCUT2D eigenvalue weighted by Crippen LogP contribution is 2.33. The summed E-state index contributed by atoms with van der Waals surface area (Å²) < 4.78 is 44.6. The van der Waals surface area contributed by atoms with Crippen molar-refractivity contribution in [1.82, 2.24) is 5.32 Å². The lowest BCUT2D eigenvalue weighted by molar-refractivity contribution is -0.138. The molecule has 5 nitrogen and oxygen atoms in total.